The highest BCUT2D eigenvalue weighted by atomic mass is 32.2. The Kier molecular flexibility index (Phi) is 5.66. The van der Waals surface area contributed by atoms with Crippen molar-refractivity contribution in [3.63, 3.8) is 0 Å². The molecule has 8 nitrogen and oxygen atoms in total. The zero-order valence-corrected chi connectivity index (χ0v) is 18.6. The Balaban J connectivity index is 2.13. The van der Waals surface area contributed by atoms with Crippen LogP contribution in [0.4, 0.5) is 5.69 Å². The first-order valence-corrected chi connectivity index (χ1v) is 11.5. The molecule has 0 atom stereocenters. The average Bonchev–Trinajstić information content (AvgIpc) is 3.28. The highest BCUT2D eigenvalue weighted by Crippen LogP contribution is 2.34. The summed E-state index contributed by atoms with van der Waals surface area (Å²) < 4.78 is 28.5. The quantitative estimate of drug-likeness (QED) is 0.552. The minimum absolute atomic E-state index is 0.0156. The topological polar surface area (TPSA) is 115 Å². The summed E-state index contributed by atoms with van der Waals surface area (Å²) in [6.45, 7) is 6.60. The molecule has 3 aromatic rings. The van der Waals surface area contributed by atoms with Gasteiger partial charge in [-0.1, -0.05) is 13.0 Å². The van der Waals surface area contributed by atoms with E-state index in [0.717, 1.165) is 16.1 Å². The highest BCUT2D eigenvalue weighted by molar-refractivity contribution is 7.94. The first kappa shape index (κ1) is 21.8. The van der Waals surface area contributed by atoms with Crippen molar-refractivity contribution in [2.75, 3.05) is 4.72 Å². The molecule has 2 N–H and O–H groups in total. The molecule has 0 unspecified atom stereocenters. The number of hydrogen-bond donors (Lipinski definition) is 2. The van der Waals surface area contributed by atoms with Crippen LogP contribution in [0.2, 0.25) is 0 Å². The molecule has 2 heterocycles. The second-order valence-corrected chi connectivity index (χ2v) is 10.5. The number of ketones is 1. The predicted octanol–water partition coefficient (Wildman–Crippen LogP) is 3.80. The van der Waals surface area contributed by atoms with E-state index < -0.39 is 27.3 Å². The van der Waals surface area contributed by atoms with Crippen LogP contribution in [0.5, 0.6) is 5.88 Å². The molecule has 3 rings (SSSR count). The highest BCUT2D eigenvalue weighted by Gasteiger charge is 2.29. The van der Waals surface area contributed by atoms with Gasteiger partial charge >= 0.3 is 5.97 Å². The number of sulfonamides is 1. The Hall–Kier alpha value is -2.85. The summed E-state index contributed by atoms with van der Waals surface area (Å²) in [5, 5.41) is 12.6. The lowest BCUT2D eigenvalue weighted by molar-refractivity contribution is -0.153. The maximum absolute atomic E-state index is 12.5. The predicted molar refractivity (Wildman–Crippen MR) is 114 cm³/mol. The summed E-state index contributed by atoms with van der Waals surface area (Å²) in [5.74, 6) is -1.47. The number of aromatic hydroxyl groups is 1. The minimum Gasteiger partial charge on any atom is -0.492 e. The van der Waals surface area contributed by atoms with Crippen molar-refractivity contribution in [3.05, 3.63) is 41.3 Å². The summed E-state index contributed by atoms with van der Waals surface area (Å²) in [7, 11) is -3.80. The molecule has 1 aromatic carbocycles. The van der Waals surface area contributed by atoms with E-state index in [1.807, 2.05) is 0 Å². The molecule has 0 saturated carbocycles. The van der Waals surface area contributed by atoms with Crippen LogP contribution in [0.1, 0.15) is 44.5 Å². The first-order chi connectivity index (χ1) is 14.0. The van der Waals surface area contributed by atoms with Gasteiger partial charge in [-0.25, -0.2) is 13.2 Å². The molecule has 10 heteroatoms. The molecule has 2 aromatic heterocycles. The molecule has 0 saturated heterocycles. The lowest BCUT2D eigenvalue weighted by atomic mass is 9.98. The minimum atomic E-state index is -3.80. The SMILES string of the molecule is CCC(=O)c1c(O)n(OC(=O)C(C)(C)C)c2cc(NS(=O)(=O)c3cccs3)ccc12. The fraction of sp³-hybridized carbons (Fsp3) is 0.300. The van der Waals surface area contributed by atoms with Crippen LogP contribution < -0.4 is 9.56 Å². The van der Waals surface area contributed by atoms with Crippen LogP contribution in [0.25, 0.3) is 10.9 Å². The lowest BCUT2D eigenvalue weighted by Crippen LogP contribution is -2.31. The Morgan fingerprint density at radius 1 is 1.23 bits per heavy atom. The summed E-state index contributed by atoms with van der Waals surface area (Å²) in [6, 6.07) is 7.49. The third-order valence-corrected chi connectivity index (χ3v) is 7.08. The molecule has 0 spiro atoms. The number of benzene rings is 1. The summed E-state index contributed by atoms with van der Waals surface area (Å²) in [5.41, 5.74) is -0.469. The molecule has 0 amide bonds. The maximum atomic E-state index is 12.5. The fourth-order valence-electron chi connectivity index (χ4n) is 2.70. The van der Waals surface area contributed by atoms with Crippen molar-refractivity contribution in [1.29, 1.82) is 0 Å². The van der Waals surface area contributed by atoms with Crippen LogP contribution in [-0.2, 0) is 14.8 Å². The van der Waals surface area contributed by atoms with Gasteiger partial charge in [-0.3, -0.25) is 9.52 Å². The van der Waals surface area contributed by atoms with Gasteiger partial charge < -0.3 is 9.94 Å². The molecule has 0 aliphatic heterocycles. The number of anilines is 1. The van der Waals surface area contributed by atoms with Gasteiger partial charge in [0.2, 0.25) is 5.88 Å². The summed E-state index contributed by atoms with van der Waals surface area (Å²) in [4.78, 5) is 30.1. The Labute approximate surface area is 178 Å². The smallest absolute Gasteiger partial charge is 0.338 e. The van der Waals surface area contributed by atoms with E-state index in [4.69, 9.17) is 4.84 Å². The van der Waals surface area contributed by atoms with E-state index in [9.17, 15) is 23.1 Å². The number of carbonyl (C=O) groups excluding carboxylic acids is 2. The van der Waals surface area contributed by atoms with Gasteiger partial charge in [0.1, 0.15) is 4.21 Å². The monoisotopic (exact) mass is 450 g/mol. The molecule has 0 aliphatic rings. The van der Waals surface area contributed by atoms with Crippen LogP contribution in [0, 0.1) is 5.41 Å². The molecule has 30 heavy (non-hydrogen) atoms. The van der Waals surface area contributed by atoms with Gasteiger partial charge in [0.05, 0.1) is 22.2 Å². The Bertz CT molecular complexity index is 1220. The van der Waals surface area contributed by atoms with Gasteiger partial charge in [0, 0.05) is 11.8 Å². The van der Waals surface area contributed by atoms with Crippen molar-refractivity contribution in [2.24, 2.45) is 5.41 Å². The van der Waals surface area contributed by atoms with Crippen LogP contribution in [0.3, 0.4) is 0 Å². The summed E-state index contributed by atoms with van der Waals surface area (Å²) in [6.07, 6.45) is 0.132. The van der Waals surface area contributed by atoms with E-state index in [-0.39, 0.29) is 33.2 Å². The van der Waals surface area contributed by atoms with E-state index in [1.54, 1.807) is 39.1 Å². The number of hydrogen-bond acceptors (Lipinski definition) is 7. The number of Topliss-reactive ketones (excluding diaryl/α,β-unsaturated/α-hetero) is 1. The first-order valence-electron chi connectivity index (χ1n) is 9.15. The number of rotatable bonds is 6. The molecule has 0 aliphatic carbocycles. The molecular weight excluding hydrogens is 428 g/mol. The van der Waals surface area contributed by atoms with Crippen molar-refractivity contribution < 1.29 is 28.0 Å². The Morgan fingerprint density at radius 2 is 1.93 bits per heavy atom. The van der Waals surface area contributed by atoms with E-state index >= 15 is 0 Å². The number of carbonyl (C=O) groups is 2. The van der Waals surface area contributed by atoms with Gasteiger partial charge in [-0.2, -0.15) is 0 Å². The van der Waals surface area contributed by atoms with Crippen molar-refractivity contribution in [2.45, 2.75) is 38.3 Å². The third-order valence-electron chi connectivity index (χ3n) is 4.30. The normalized spacial score (nSPS) is 12.1. The molecule has 160 valence electrons. The lowest BCUT2D eigenvalue weighted by Gasteiger charge is -2.17. The van der Waals surface area contributed by atoms with Crippen LogP contribution in [0.15, 0.2) is 39.9 Å². The van der Waals surface area contributed by atoms with Crippen molar-refractivity contribution in [3.8, 4) is 5.88 Å². The number of fused-ring (bicyclic) bond motifs is 1. The summed E-state index contributed by atoms with van der Waals surface area (Å²) >= 11 is 1.07. The fourth-order valence-corrected chi connectivity index (χ4v) is 4.74. The number of thiophene rings is 1. The molecule has 0 bridgehead atoms. The van der Waals surface area contributed by atoms with E-state index in [2.05, 4.69) is 4.72 Å². The van der Waals surface area contributed by atoms with Crippen LogP contribution >= 0.6 is 11.3 Å². The standard InChI is InChI=1S/C20H22N2O6S2/c1-5-15(23)17-13-9-8-12(21-30(26,27)16-7-6-10-29-16)11-14(13)22(18(17)24)28-19(25)20(2,3)4/h6-11,21,24H,5H2,1-4H3. The number of aromatic nitrogens is 1. The zero-order valence-electron chi connectivity index (χ0n) is 16.9. The second-order valence-electron chi connectivity index (χ2n) is 7.67. The molecular formula is C20H22N2O6S2. The van der Waals surface area contributed by atoms with E-state index in [0.29, 0.717) is 5.39 Å². The zero-order chi connectivity index (χ0) is 22.3. The van der Waals surface area contributed by atoms with E-state index in [1.165, 1.54) is 24.3 Å². The number of nitrogens with zero attached hydrogens (tertiary/aromatic N) is 1. The average molecular weight is 451 g/mol. The van der Waals surface area contributed by atoms with Crippen molar-refractivity contribution in [1.82, 2.24) is 4.73 Å². The maximum Gasteiger partial charge on any atom is 0.338 e. The van der Waals surface area contributed by atoms with Gasteiger partial charge in [0.15, 0.2) is 5.78 Å². The Morgan fingerprint density at radius 3 is 2.50 bits per heavy atom. The largest absolute Gasteiger partial charge is 0.492 e. The molecule has 0 radical (unpaired) electrons. The van der Waals surface area contributed by atoms with Gasteiger partial charge in [0.25, 0.3) is 10.0 Å². The molecule has 0 fully saturated rings. The number of nitrogens with one attached hydrogen (secondary N) is 1. The van der Waals surface area contributed by atoms with Gasteiger partial charge in [-0.15, -0.1) is 16.1 Å². The van der Waals surface area contributed by atoms with Crippen molar-refractivity contribution >= 4 is 49.7 Å². The van der Waals surface area contributed by atoms with Gasteiger partial charge in [-0.05, 0) is 50.4 Å². The second kappa shape index (κ2) is 7.77. The van der Waals surface area contributed by atoms with Crippen LogP contribution in [-0.4, -0.2) is 30.0 Å². The third kappa shape index (κ3) is 4.05.